The predicted octanol–water partition coefficient (Wildman–Crippen LogP) is 4.01. The van der Waals surface area contributed by atoms with Gasteiger partial charge in [0.25, 0.3) is 0 Å². The van der Waals surface area contributed by atoms with Gasteiger partial charge in [0.1, 0.15) is 0 Å². The fourth-order valence-electron chi connectivity index (χ4n) is 1.96. The molecule has 0 radical (unpaired) electrons. The van der Waals surface area contributed by atoms with E-state index in [2.05, 4.69) is 24.0 Å². The zero-order valence-electron chi connectivity index (χ0n) is 11.4. The Labute approximate surface area is 128 Å². The molecule has 0 saturated heterocycles. The lowest BCUT2D eigenvalue weighted by Gasteiger charge is -2.08. The molecule has 0 amide bonds. The van der Waals surface area contributed by atoms with Crippen LogP contribution in [-0.2, 0) is 6.42 Å². The molecule has 0 aliphatic rings. The SMILES string of the molecule is CC(C)C[C@@H](N)c1nc(Cc2c(Cl)cccc2Cl)no1. The zero-order valence-corrected chi connectivity index (χ0v) is 12.9. The number of nitrogens with two attached hydrogens (primary N) is 1. The lowest BCUT2D eigenvalue weighted by atomic mass is 10.0. The van der Waals surface area contributed by atoms with E-state index in [1.165, 1.54) is 0 Å². The van der Waals surface area contributed by atoms with E-state index in [1.54, 1.807) is 18.2 Å². The highest BCUT2D eigenvalue weighted by atomic mass is 35.5. The molecule has 4 nitrogen and oxygen atoms in total. The Morgan fingerprint density at radius 3 is 2.50 bits per heavy atom. The summed E-state index contributed by atoms with van der Waals surface area (Å²) in [4.78, 5) is 4.32. The molecular weight excluding hydrogens is 297 g/mol. The summed E-state index contributed by atoms with van der Waals surface area (Å²) in [6.07, 6.45) is 1.23. The van der Waals surface area contributed by atoms with Gasteiger partial charge in [0, 0.05) is 16.5 Å². The second-order valence-corrected chi connectivity index (χ2v) is 5.98. The topological polar surface area (TPSA) is 64.9 Å². The standard InChI is InChI=1S/C14H17Cl2N3O/c1-8(2)6-12(17)14-18-13(19-20-14)7-9-10(15)4-3-5-11(9)16/h3-5,8,12H,6-7,17H2,1-2H3/t12-/m1/s1. The van der Waals surface area contributed by atoms with Crippen LogP contribution in [0.4, 0.5) is 0 Å². The quantitative estimate of drug-likeness (QED) is 0.905. The van der Waals surface area contributed by atoms with Crippen LogP contribution < -0.4 is 5.73 Å². The van der Waals surface area contributed by atoms with Crippen LogP contribution in [0.1, 0.15) is 43.6 Å². The third-order valence-electron chi connectivity index (χ3n) is 2.92. The van der Waals surface area contributed by atoms with Crippen molar-refractivity contribution in [2.75, 3.05) is 0 Å². The number of aromatic nitrogens is 2. The first-order valence-electron chi connectivity index (χ1n) is 6.48. The molecule has 0 bridgehead atoms. The summed E-state index contributed by atoms with van der Waals surface area (Å²) in [6.45, 7) is 4.20. The number of halogens is 2. The minimum Gasteiger partial charge on any atom is -0.338 e. The average molecular weight is 314 g/mol. The number of hydrogen-bond acceptors (Lipinski definition) is 4. The molecule has 1 aromatic carbocycles. The van der Waals surface area contributed by atoms with Gasteiger partial charge in [0.2, 0.25) is 5.89 Å². The molecule has 0 spiro atoms. The molecule has 0 aliphatic carbocycles. The lowest BCUT2D eigenvalue weighted by Crippen LogP contribution is -2.13. The normalized spacial score (nSPS) is 12.9. The number of hydrogen-bond donors (Lipinski definition) is 1. The molecule has 2 N–H and O–H groups in total. The Morgan fingerprint density at radius 2 is 1.90 bits per heavy atom. The summed E-state index contributed by atoms with van der Waals surface area (Å²) in [5, 5.41) is 5.12. The molecule has 0 saturated carbocycles. The van der Waals surface area contributed by atoms with Crippen molar-refractivity contribution >= 4 is 23.2 Å². The Hall–Kier alpha value is -1.10. The zero-order chi connectivity index (χ0) is 14.7. The number of nitrogens with zero attached hydrogens (tertiary/aromatic N) is 2. The molecule has 6 heteroatoms. The van der Waals surface area contributed by atoms with Crippen LogP contribution in [0.25, 0.3) is 0 Å². The summed E-state index contributed by atoms with van der Waals surface area (Å²) < 4.78 is 5.21. The minimum atomic E-state index is -0.238. The molecular formula is C14H17Cl2N3O. The van der Waals surface area contributed by atoms with Crippen molar-refractivity contribution in [2.45, 2.75) is 32.7 Å². The predicted molar refractivity (Wildman–Crippen MR) is 79.9 cm³/mol. The van der Waals surface area contributed by atoms with Crippen molar-refractivity contribution in [3.8, 4) is 0 Å². The molecule has 0 aliphatic heterocycles. The Morgan fingerprint density at radius 1 is 1.25 bits per heavy atom. The molecule has 0 unspecified atom stereocenters. The van der Waals surface area contributed by atoms with Gasteiger partial charge in [-0.3, -0.25) is 0 Å². The van der Waals surface area contributed by atoms with Crippen molar-refractivity contribution in [1.82, 2.24) is 10.1 Å². The van der Waals surface area contributed by atoms with Gasteiger partial charge >= 0.3 is 0 Å². The van der Waals surface area contributed by atoms with E-state index < -0.39 is 0 Å². The van der Waals surface area contributed by atoms with Gasteiger partial charge in [-0.25, -0.2) is 0 Å². The van der Waals surface area contributed by atoms with E-state index >= 15 is 0 Å². The first-order valence-corrected chi connectivity index (χ1v) is 7.24. The second kappa shape index (κ2) is 6.57. The minimum absolute atomic E-state index is 0.238. The van der Waals surface area contributed by atoms with Crippen molar-refractivity contribution in [3.05, 3.63) is 45.5 Å². The summed E-state index contributed by atoms with van der Waals surface area (Å²) in [6, 6.07) is 5.13. The molecule has 1 heterocycles. The van der Waals surface area contributed by atoms with Crippen LogP contribution >= 0.6 is 23.2 Å². The Kier molecular flexibility index (Phi) is 5.02. The van der Waals surface area contributed by atoms with Gasteiger partial charge in [-0.1, -0.05) is 48.3 Å². The fourth-order valence-corrected chi connectivity index (χ4v) is 2.49. The summed E-state index contributed by atoms with van der Waals surface area (Å²) >= 11 is 12.2. The van der Waals surface area contributed by atoms with Gasteiger partial charge in [-0.05, 0) is 30.0 Å². The first-order chi connectivity index (χ1) is 9.47. The van der Waals surface area contributed by atoms with E-state index in [4.69, 9.17) is 33.5 Å². The van der Waals surface area contributed by atoms with E-state index in [-0.39, 0.29) is 6.04 Å². The number of benzene rings is 1. The molecule has 1 aromatic heterocycles. The summed E-state index contributed by atoms with van der Waals surface area (Å²) in [7, 11) is 0. The lowest BCUT2D eigenvalue weighted by molar-refractivity contribution is 0.333. The summed E-state index contributed by atoms with van der Waals surface area (Å²) in [5.74, 6) is 1.46. The van der Waals surface area contributed by atoms with Gasteiger partial charge in [0.05, 0.1) is 6.04 Å². The molecule has 2 aromatic rings. The highest BCUT2D eigenvalue weighted by Crippen LogP contribution is 2.26. The smallest absolute Gasteiger partial charge is 0.243 e. The van der Waals surface area contributed by atoms with E-state index in [1.807, 2.05) is 0 Å². The van der Waals surface area contributed by atoms with Crippen molar-refractivity contribution in [1.29, 1.82) is 0 Å². The Bertz CT molecular complexity index is 563. The van der Waals surface area contributed by atoms with E-state index in [9.17, 15) is 0 Å². The molecule has 108 valence electrons. The van der Waals surface area contributed by atoms with E-state index in [0.29, 0.717) is 34.1 Å². The Balaban J connectivity index is 2.14. The maximum atomic E-state index is 6.12. The number of rotatable bonds is 5. The molecule has 20 heavy (non-hydrogen) atoms. The van der Waals surface area contributed by atoms with Crippen LogP contribution in [0.15, 0.2) is 22.7 Å². The van der Waals surface area contributed by atoms with Gasteiger partial charge in [-0.15, -0.1) is 0 Å². The van der Waals surface area contributed by atoms with Crippen molar-refractivity contribution < 1.29 is 4.52 Å². The fraction of sp³-hybridized carbons (Fsp3) is 0.429. The van der Waals surface area contributed by atoms with Crippen LogP contribution in [0, 0.1) is 5.92 Å². The van der Waals surface area contributed by atoms with Crippen molar-refractivity contribution in [2.24, 2.45) is 11.7 Å². The van der Waals surface area contributed by atoms with Gasteiger partial charge in [-0.2, -0.15) is 4.98 Å². The van der Waals surface area contributed by atoms with Crippen LogP contribution in [0.3, 0.4) is 0 Å². The van der Waals surface area contributed by atoms with E-state index in [0.717, 1.165) is 12.0 Å². The third kappa shape index (κ3) is 3.72. The maximum absolute atomic E-state index is 6.12. The average Bonchev–Trinajstić information content (AvgIpc) is 2.82. The van der Waals surface area contributed by atoms with Crippen LogP contribution in [0.2, 0.25) is 10.0 Å². The molecule has 1 atom stereocenters. The molecule has 0 fully saturated rings. The monoisotopic (exact) mass is 313 g/mol. The highest BCUT2D eigenvalue weighted by Gasteiger charge is 2.17. The highest BCUT2D eigenvalue weighted by molar-refractivity contribution is 6.36. The third-order valence-corrected chi connectivity index (χ3v) is 3.63. The summed E-state index contributed by atoms with van der Waals surface area (Å²) in [5.41, 5.74) is 6.81. The first kappa shape index (κ1) is 15.3. The van der Waals surface area contributed by atoms with Crippen LogP contribution in [0.5, 0.6) is 0 Å². The van der Waals surface area contributed by atoms with Gasteiger partial charge < -0.3 is 10.3 Å². The van der Waals surface area contributed by atoms with Crippen molar-refractivity contribution in [3.63, 3.8) is 0 Å². The molecule has 2 rings (SSSR count). The van der Waals surface area contributed by atoms with Gasteiger partial charge in [0.15, 0.2) is 5.82 Å². The van der Waals surface area contributed by atoms with Crippen LogP contribution in [-0.4, -0.2) is 10.1 Å². The second-order valence-electron chi connectivity index (χ2n) is 5.16. The maximum Gasteiger partial charge on any atom is 0.243 e. The largest absolute Gasteiger partial charge is 0.338 e.